The van der Waals surface area contributed by atoms with Gasteiger partial charge in [-0.2, -0.15) is 10.1 Å². The zero-order chi connectivity index (χ0) is 24.9. The lowest BCUT2D eigenvalue weighted by Gasteiger charge is -2.37. The fraction of sp³-hybridized carbons (Fsp3) is 0.318. The molecule has 0 aromatic heterocycles. The van der Waals surface area contributed by atoms with E-state index in [1.54, 1.807) is 0 Å². The minimum Gasteiger partial charge on any atom is -0.368 e. The van der Waals surface area contributed by atoms with Crippen molar-refractivity contribution >= 4 is 28.8 Å². The number of benzene rings is 2. The van der Waals surface area contributed by atoms with Crippen molar-refractivity contribution in [1.29, 1.82) is 5.41 Å². The fourth-order valence-corrected chi connectivity index (χ4v) is 4.94. The second-order valence-electron chi connectivity index (χ2n) is 7.33. The summed E-state index contributed by atoms with van der Waals surface area (Å²) in [5, 5.41) is 15.6. The smallest absolute Gasteiger partial charge is 0.365 e. The average molecular weight is 493 g/mol. The van der Waals surface area contributed by atoms with Crippen LogP contribution in [-0.4, -0.2) is 60.0 Å². The molecule has 12 heteroatoms. The van der Waals surface area contributed by atoms with Crippen LogP contribution >= 0.6 is 11.8 Å². The van der Waals surface area contributed by atoms with Gasteiger partial charge in [0.15, 0.2) is 0 Å². The summed E-state index contributed by atoms with van der Waals surface area (Å²) in [5.74, 6) is -1.55. The molecule has 1 atom stereocenters. The Morgan fingerprint density at radius 3 is 2.53 bits per heavy atom. The molecule has 1 aliphatic rings. The van der Waals surface area contributed by atoms with Gasteiger partial charge >= 0.3 is 6.03 Å². The molecule has 9 nitrogen and oxygen atoms in total. The van der Waals surface area contributed by atoms with Crippen molar-refractivity contribution in [2.75, 3.05) is 27.8 Å². The molecule has 182 valence electrons. The van der Waals surface area contributed by atoms with E-state index in [4.69, 9.17) is 20.8 Å². The first kappa shape index (κ1) is 25.4. The predicted octanol–water partition coefficient (Wildman–Crippen LogP) is 3.68. The average Bonchev–Trinajstić information content (AvgIpc) is 3.23. The number of guanidine groups is 1. The number of hydrogen-bond donors (Lipinski definition) is 2. The minimum atomic E-state index is -1.12. The van der Waals surface area contributed by atoms with Crippen LogP contribution in [0.4, 0.5) is 13.6 Å². The molecule has 0 bridgehead atoms. The van der Waals surface area contributed by atoms with E-state index in [1.165, 1.54) is 31.3 Å². The van der Waals surface area contributed by atoms with Crippen LogP contribution in [0.5, 0.6) is 0 Å². The Morgan fingerprint density at radius 2 is 1.91 bits per heavy atom. The number of carbonyl (C=O) groups is 1. The lowest BCUT2D eigenvalue weighted by Crippen LogP contribution is -2.47. The number of nitrogens with one attached hydrogen (secondary N) is 1. The molecule has 0 saturated heterocycles. The van der Waals surface area contributed by atoms with E-state index in [1.807, 2.05) is 30.3 Å². The Bertz CT molecular complexity index is 1070. The Balaban J connectivity index is 2.08. The summed E-state index contributed by atoms with van der Waals surface area (Å²) in [6.45, 7) is 0.257. The van der Waals surface area contributed by atoms with Crippen LogP contribution in [0, 0.1) is 17.0 Å². The molecule has 34 heavy (non-hydrogen) atoms. The molecular weight excluding hydrogens is 466 g/mol. The molecule has 1 unspecified atom stereocenters. The topological polar surface area (TPSA) is 107 Å². The van der Waals surface area contributed by atoms with E-state index < -0.39 is 22.5 Å². The zero-order valence-corrected chi connectivity index (χ0v) is 19.8. The quantitative estimate of drug-likeness (QED) is 0.331. The van der Waals surface area contributed by atoms with Gasteiger partial charge in [0.1, 0.15) is 21.5 Å². The summed E-state index contributed by atoms with van der Waals surface area (Å²) in [5.41, 5.74) is 6.21. The van der Waals surface area contributed by atoms with Crippen LogP contribution in [0.15, 0.2) is 53.6 Å². The van der Waals surface area contributed by atoms with Crippen molar-refractivity contribution in [3.05, 3.63) is 71.3 Å². The molecule has 1 aliphatic heterocycles. The molecular formula is C22H26F2N6O3S. The van der Waals surface area contributed by atoms with Crippen molar-refractivity contribution < 1.29 is 23.3 Å². The van der Waals surface area contributed by atoms with E-state index >= 15 is 0 Å². The third kappa shape index (κ3) is 5.13. The number of nitrogens with two attached hydrogens (primary N) is 1. The van der Waals surface area contributed by atoms with Gasteiger partial charge in [0.2, 0.25) is 5.96 Å². The normalized spacial score (nSPS) is 17.4. The molecule has 2 amide bonds. The van der Waals surface area contributed by atoms with Gasteiger partial charge in [-0.3, -0.25) is 15.1 Å². The van der Waals surface area contributed by atoms with Gasteiger partial charge in [-0.25, -0.2) is 23.7 Å². The number of halogens is 2. The Labute approximate surface area is 200 Å². The third-order valence-corrected chi connectivity index (χ3v) is 6.72. The van der Waals surface area contributed by atoms with Crippen LogP contribution in [0.1, 0.15) is 24.0 Å². The molecule has 0 radical (unpaired) electrons. The summed E-state index contributed by atoms with van der Waals surface area (Å²) < 4.78 is 28.6. The minimum absolute atomic E-state index is 0.0528. The van der Waals surface area contributed by atoms with Crippen LogP contribution in [0.25, 0.3) is 0 Å². The Morgan fingerprint density at radius 1 is 1.21 bits per heavy atom. The van der Waals surface area contributed by atoms with Crippen molar-refractivity contribution in [2.45, 2.75) is 17.7 Å². The number of thioether (sulfide) groups is 1. The molecule has 3 N–H and O–H groups in total. The van der Waals surface area contributed by atoms with Gasteiger partial charge in [0, 0.05) is 19.2 Å². The first-order valence-electron chi connectivity index (χ1n) is 10.3. The maximum atomic E-state index is 14.7. The lowest BCUT2D eigenvalue weighted by atomic mass is 10.0. The van der Waals surface area contributed by atoms with Gasteiger partial charge in [-0.1, -0.05) is 42.1 Å². The summed E-state index contributed by atoms with van der Waals surface area (Å²) in [6, 6.07) is 11.6. The number of urea groups is 1. The molecule has 2 aromatic carbocycles. The number of carbonyl (C=O) groups excluding carboxylic acids is 1. The first-order chi connectivity index (χ1) is 16.2. The molecule has 0 aliphatic carbocycles. The van der Waals surface area contributed by atoms with E-state index in [0.29, 0.717) is 12.8 Å². The van der Waals surface area contributed by atoms with Crippen molar-refractivity contribution in [1.82, 2.24) is 15.1 Å². The number of amides is 2. The van der Waals surface area contributed by atoms with Crippen molar-refractivity contribution in [2.24, 2.45) is 10.8 Å². The SMILES string of the molecule is CON(C)C(=O)N1N=C(c2cc(F)ccc2F)SC1(CCCN(OC)C(=N)N)c1ccccc1. The number of hydrogen-bond acceptors (Lipinski definition) is 6. The highest BCUT2D eigenvalue weighted by molar-refractivity contribution is 8.15. The molecule has 0 fully saturated rings. The first-order valence-corrected chi connectivity index (χ1v) is 11.1. The van der Waals surface area contributed by atoms with Gasteiger partial charge in [0.25, 0.3) is 0 Å². The summed E-state index contributed by atoms with van der Waals surface area (Å²) in [7, 11) is 4.17. The second-order valence-corrected chi connectivity index (χ2v) is 8.60. The maximum absolute atomic E-state index is 14.7. The molecule has 2 aromatic rings. The van der Waals surface area contributed by atoms with Crippen molar-refractivity contribution in [3.8, 4) is 0 Å². The second kappa shape index (κ2) is 10.8. The zero-order valence-electron chi connectivity index (χ0n) is 19.0. The number of nitrogens with zero attached hydrogens (tertiary/aromatic N) is 4. The van der Waals surface area contributed by atoms with Gasteiger partial charge in [-0.15, -0.1) is 0 Å². The highest BCUT2D eigenvalue weighted by atomic mass is 32.2. The summed E-state index contributed by atoms with van der Waals surface area (Å²) in [4.78, 5) is 22.4. The van der Waals surface area contributed by atoms with E-state index in [9.17, 15) is 13.6 Å². The van der Waals surface area contributed by atoms with Crippen LogP contribution in [0.3, 0.4) is 0 Å². The van der Waals surface area contributed by atoms with E-state index in [-0.39, 0.29) is 23.1 Å². The van der Waals surface area contributed by atoms with Crippen molar-refractivity contribution in [3.63, 3.8) is 0 Å². The largest absolute Gasteiger partial charge is 0.368 e. The highest BCUT2D eigenvalue weighted by Gasteiger charge is 2.49. The van der Waals surface area contributed by atoms with Crippen LogP contribution < -0.4 is 5.73 Å². The molecule has 0 spiro atoms. The number of hydrazone groups is 1. The lowest BCUT2D eigenvalue weighted by molar-refractivity contribution is -0.0821. The summed E-state index contributed by atoms with van der Waals surface area (Å²) in [6.07, 6.45) is 0.742. The van der Waals surface area contributed by atoms with E-state index in [0.717, 1.165) is 40.6 Å². The number of rotatable bonds is 8. The van der Waals surface area contributed by atoms with Gasteiger partial charge in [-0.05, 0) is 36.6 Å². The van der Waals surface area contributed by atoms with Crippen LogP contribution in [-0.2, 0) is 14.5 Å². The maximum Gasteiger partial charge on any atom is 0.365 e. The molecule has 3 rings (SSSR count). The molecule has 0 saturated carbocycles. The fourth-order valence-electron chi connectivity index (χ4n) is 3.53. The highest BCUT2D eigenvalue weighted by Crippen LogP contribution is 2.51. The van der Waals surface area contributed by atoms with Gasteiger partial charge < -0.3 is 5.73 Å². The number of hydroxylamine groups is 4. The van der Waals surface area contributed by atoms with Gasteiger partial charge in [0.05, 0.1) is 14.2 Å². The Kier molecular flexibility index (Phi) is 8.07. The monoisotopic (exact) mass is 492 g/mol. The standard InChI is InChI=1S/C22H26F2N6O3S/c1-28(32-2)21(31)30-22(15-8-5-4-6-9-15,12-7-13-29(33-3)20(25)26)34-19(27-30)17-14-16(23)10-11-18(17)24/h4-6,8-11,14H,7,12-13H2,1-3H3,(H3,25,26). The Hall–Kier alpha value is -3.22. The predicted molar refractivity (Wildman–Crippen MR) is 125 cm³/mol. The molecule has 1 heterocycles. The van der Waals surface area contributed by atoms with E-state index in [2.05, 4.69) is 5.10 Å². The van der Waals surface area contributed by atoms with Crippen LogP contribution in [0.2, 0.25) is 0 Å². The third-order valence-electron chi connectivity index (χ3n) is 5.27. The summed E-state index contributed by atoms with van der Waals surface area (Å²) >= 11 is 1.14.